The Balaban J connectivity index is 3.64. The highest BCUT2D eigenvalue weighted by Gasteiger charge is 2.17. The second-order valence-corrected chi connectivity index (χ2v) is 15.2. The Bertz CT molecular complexity index is 341. The molecule has 0 unspecified atom stereocenters. The summed E-state index contributed by atoms with van der Waals surface area (Å²) in [7, 11) is 0.276. The van der Waals surface area contributed by atoms with Crippen LogP contribution >= 0.6 is 7.92 Å². The van der Waals surface area contributed by atoms with E-state index in [1.165, 1.54) is 160 Å². The van der Waals surface area contributed by atoms with Gasteiger partial charge in [-0.15, -0.1) is 7.92 Å². The molecule has 0 N–H and O–H groups in total. The molecule has 0 fully saturated rings. The maximum atomic E-state index is 2.47. The van der Waals surface area contributed by atoms with Crippen LogP contribution in [0.4, 0.5) is 0 Å². The molecule has 0 aromatic carbocycles. The lowest BCUT2D eigenvalue weighted by atomic mass is 10.0. The van der Waals surface area contributed by atoms with Crippen LogP contribution < -0.4 is 0 Å². The van der Waals surface area contributed by atoms with Gasteiger partial charge in [0.15, 0.2) is 0 Å². The average molecular weight is 497 g/mol. The largest absolute Gasteiger partial charge is 0.106 e. The molecule has 0 saturated carbocycles. The zero-order chi connectivity index (χ0) is 25.2. The summed E-state index contributed by atoms with van der Waals surface area (Å²) < 4.78 is 0. The summed E-state index contributed by atoms with van der Waals surface area (Å²) in [6.07, 6.45) is 40.0. The zero-order valence-corrected chi connectivity index (χ0v) is 25.9. The minimum atomic E-state index is 0.276. The number of rotatable bonds is 27. The van der Waals surface area contributed by atoms with Gasteiger partial charge in [0.1, 0.15) is 0 Å². The van der Waals surface area contributed by atoms with Crippen LogP contribution in [0.5, 0.6) is 0 Å². The van der Waals surface area contributed by atoms with Crippen LogP contribution in [0.15, 0.2) is 0 Å². The second kappa shape index (κ2) is 26.5. The van der Waals surface area contributed by atoms with E-state index in [9.17, 15) is 0 Å². The molecule has 0 aromatic heterocycles. The van der Waals surface area contributed by atoms with Crippen molar-refractivity contribution in [2.24, 2.45) is 5.41 Å². The van der Waals surface area contributed by atoms with Gasteiger partial charge in [0, 0.05) is 0 Å². The van der Waals surface area contributed by atoms with Crippen molar-refractivity contribution in [1.29, 1.82) is 0 Å². The van der Waals surface area contributed by atoms with Crippen LogP contribution in [-0.2, 0) is 0 Å². The zero-order valence-electron chi connectivity index (χ0n) is 25.0. The van der Waals surface area contributed by atoms with Crippen molar-refractivity contribution in [1.82, 2.24) is 0 Å². The fraction of sp³-hybridized carbons (Fsp3) is 1.00. The first-order valence-corrected chi connectivity index (χ1v) is 18.1. The highest BCUT2D eigenvalue weighted by Crippen LogP contribution is 2.43. The van der Waals surface area contributed by atoms with Crippen LogP contribution in [0.25, 0.3) is 0 Å². The molecule has 0 aliphatic carbocycles. The molecule has 0 aliphatic rings. The smallest absolute Gasteiger partial charge is 0.0277 e. The van der Waals surface area contributed by atoms with E-state index in [4.69, 9.17) is 0 Å². The van der Waals surface area contributed by atoms with Crippen molar-refractivity contribution in [2.45, 2.75) is 189 Å². The fourth-order valence-corrected chi connectivity index (χ4v) is 8.52. The van der Waals surface area contributed by atoms with Gasteiger partial charge in [0.25, 0.3) is 0 Å². The normalized spacial score (nSPS) is 12.2. The monoisotopic (exact) mass is 497 g/mol. The van der Waals surface area contributed by atoms with Crippen molar-refractivity contribution in [3.8, 4) is 0 Å². The maximum absolute atomic E-state index is 2.47. The van der Waals surface area contributed by atoms with Crippen molar-refractivity contribution in [2.75, 3.05) is 18.5 Å². The van der Waals surface area contributed by atoms with E-state index in [0.717, 1.165) is 0 Å². The van der Waals surface area contributed by atoms with E-state index < -0.39 is 0 Å². The summed E-state index contributed by atoms with van der Waals surface area (Å²) >= 11 is 0. The molecule has 0 radical (unpaired) electrons. The molecular weight excluding hydrogens is 427 g/mol. The number of unbranched alkanes of at least 4 members (excludes halogenated alkanes) is 22. The lowest BCUT2D eigenvalue weighted by Gasteiger charge is -2.27. The van der Waals surface area contributed by atoms with Gasteiger partial charge in [0.05, 0.1) is 0 Å². The molecule has 1 heteroatoms. The second-order valence-electron chi connectivity index (χ2n) is 12.6. The molecule has 0 saturated heterocycles. The Morgan fingerprint density at radius 2 is 0.588 bits per heavy atom. The fourth-order valence-electron chi connectivity index (χ4n) is 5.29. The molecule has 0 atom stereocenters. The summed E-state index contributed by atoms with van der Waals surface area (Å²) in [5, 5.41) is 0. The van der Waals surface area contributed by atoms with Gasteiger partial charge in [-0.25, -0.2) is 0 Å². The molecule has 0 heterocycles. The van der Waals surface area contributed by atoms with Gasteiger partial charge >= 0.3 is 0 Å². The van der Waals surface area contributed by atoms with E-state index in [-0.39, 0.29) is 7.92 Å². The first-order valence-electron chi connectivity index (χ1n) is 16.2. The molecule has 206 valence electrons. The van der Waals surface area contributed by atoms with Gasteiger partial charge < -0.3 is 0 Å². The van der Waals surface area contributed by atoms with Crippen LogP contribution in [0.2, 0.25) is 0 Å². The molecule has 0 spiro atoms. The van der Waals surface area contributed by atoms with Gasteiger partial charge in [-0.1, -0.05) is 176 Å². The van der Waals surface area contributed by atoms with Gasteiger partial charge in [0.2, 0.25) is 0 Å². The van der Waals surface area contributed by atoms with Crippen molar-refractivity contribution >= 4 is 7.92 Å². The minimum Gasteiger partial charge on any atom is -0.106 e. The third-order valence-corrected chi connectivity index (χ3v) is 10.6. The van der Waals surface area contributed by atoms with Crippen LogP contribution in [-0.4, -0.2) is 18.5 Å². The number of hydrogen-bond donors (Lipinski definition) is 0. The minimum absolute atomic E-state index is 0.276. The third kappa shape index (κ3) is 28.7. The predicted molar refractivity (Wildman–Crippen MR) is 163 cm³/mol. The molecule has 0 aromatic rings. The Labute approximate surface area is 220 Å². The van der Waals surface area contributed by atoms with E-state index >= 15 is 0 Å². The molecule has 0 nitrogen and oxygen atoms in total. The van der Waals surface area contributed by atoms with Gasteiger partial charge in [-0.2, -0.15) is 0 Å². The molecular formula is C33H69P. The Morgan fingerprint density at radius 3 is 0.824 bits per heavy atom. The topological polar surface area (TPSA) is 0 Å². The molecule has 0 rings (SSSR count). The predicted octanol–water partition coefficient (Wildman–Crippen LogP) is 12.9. The molecule has 0 aliphatic heterocycles. The standard InChI is InChI=1S/C33H69P/c1-6-8-10-12-14-16-18-20-22-24-26-28-30-34(32-33(3,4)5)31-29-27-25-23-21-19-17-15-13-11-9-7-2/h6-32H2,1-5H3. The summed E-state index contributed by atoms with van der Waals surface area (Å²) in [6, 6.07) is 0. The van der Waals surface area contributed by atoms with E-state index in [1.54, 1.807) is 12.3 Å². The highest BCUT2D eigenvalue weighted by atomic mass is 31.1. The molecule has 0 amide bonds. The van der Waals surface area contributed by atoms with Crippen molar-refractivity contribution < 1.29 is 0 Å². The summed E-state index contributed by atoms with van der Waals surface area (Å²) in [6.45, 7) is 12.0. The summed E-state index contributed by atoms with van der Waals surface area (Å²) in [4.78, 5) is 0. The Morgan fingerprint density at radius 1 is 0.353 bits per heavy atom. The van der Waals surface area contributed by atoms with Gasteiger partial charge in [-0.05, 0) is 36.7 Å². The Hall–Kier alpha value is 0.430. The van der Waals surface area contributed by atoms with Crippen molar-refractivity contribution in [3.63, 3.8) is 0 Å². The SMILES string of the molecule is CCCCCCCCCCCCCCP(CCCCCCCCCCCCCC)CC(C)(C)C. The lowest BCUT2D eigenvalue weighted by Crippen LogP contribution is -2.12. The maximum Gasteiger partial charge on any atom is -0.0277 e. The molecule has 0 bridgehead atoms. The summed E-state index contributed by atoms with van der Waals surface area (Å²) in [5.41, 5.74) is 0.528. The first kappa shape index (κ1) is 34.4. The first-order chi connectivity index (χ1) is 16.5. The van der Waals surface area contributed by atoms with Crippen LogP contribution in [0.3, 0.4) is 0 Å². The van der Waals surface area contributed by atoms with E-state index in [0.29, 0.717) is 5.41 Å². The third-order valence-electron chi connectivity index (χ3n) is 7.35. The lowest BCUT2D eigenvalue weighted by molar-refractivity contribution is 0.475. The van der Waals surface area contributed by atoms with Crippen molar-refractivity contribution in [3.05, 3.63) is 0 Å². The molecule has 34 heavy (non-hydrogen) atoms. The number of hydrogen-bond acceptors (Lipinski definition) is 0. The van der Waals surface area contributed by atoms with Gasteiger partial charge in [-0.3, -0.25) is 0 Å². The van der Waals surface area contributed by atoms with Crippen LogP contribution in [0, 0.1) is 5.41 Å². The van der Waals surface area contributed by atoms with E-state index in [2.05, 4.69) is 34.6 Å². The van der Waals surface area contributed by atoms with E-state index in [1.807, 2.05) is 0 Å². The summed E-state index contributed by atoms with van der Waals surface area (Å²) in [5.74, 6) is 0. The Kier molecular flexibility index (Phi) is 26.8. The highest BCUT2D eigenvalue weighted by molar-refractivity contribution is 7.57. The average Bonchev–Trinajstić information content (AvgIpc) is 2.79. The quantitative estimate of drug-likeness (QED) is 0.0783. The van der Waals surface area contributed by atoms with Crippen LogP contribution in [0.1, 0.15) is 189 Å².